The highest BCUT2D eigenvalue weighted by Crippen LogP contribution is 2.38. The fraction of sp³-hybridized carbons (Fsp3) is 0.611. The summed E-state index contributed by atoms with van der Waals surface area (Å²) in [6, 6.07) is 3.04. The molecule has 1 heterocycles. The molecule has 0 amide bonds. The average Bonchev–Trinajstić information content (AvgIpc) is 3.09. The van der Waals surface area contributed by atoms with Gasteiger partial charge in [-0.1, -0.05) is 13.8 Å². The summed E-state index contributed by atoms with van der Waals surface area (Å²) in [5, 5.41) is 6.41. The molecule has 0 fully saturated rings. The van der Waals surface area contributed by atoms with Crippen molar-refractivity contribution >= 4 is 29.9 Å². The summed E-state index contributed by atoms with van der Waals surface area (Å²) in [7, 11) is 0. The number of hydrogen-bond donors (Lipinski definition) is 2. The molecule has 7 nitrogen and oxygen atoms in total. The fourth-order valence-electron chi connectivity index (χ4n) is 2.67. The SMILES string of the molecule is CCNC(=NCc1cc2c(cc1OC(F)F)OCO2)NCCN(CC)CC.I. The first-order chi connectivity index (χ1) is 13.1. The lowest BCUT2D eigenvalue weighted by Crippen LogP contribution is -2.41. The zero-order valence-electron chi connectivity index (χ0n) is 16.5. The van der Waals surface area contributed by atoms with Gasteiger partial charge in [0.15, 0.2) is 17.5 Å². The standard InChI is InChI=1S/C18H28F2N4O3.HI/c1-4-21-18(22-7-8-24(5-2)6-3)23-11-13-9-15-16(26-12-25-15)10-14(13)27-17(19)20;/h9-10,17H,4-8,11-12H2,1-3H3,(H2,21,22,23);1H. The Bertz CT molecular complexity index is 631. The first kappa shape index (κ1) is 24.5. The number of halogens is 3. The summed E-state index contributed by atoms with van der Waals surface area (Å²) in [6.07, 6.45) is 0. The van der Waals surface area contributed by atoms with Gasteiger partial charge >= 0.3 is 6.61 Å². The van der Waals surface area contributed by atoms with Gasteiger partial charge in [-0.3, -0.25) is 0 Å². The van der Waals surface area contributed by atoms with Gasteiger partial charge in [0.1, 0.15) is 5.75 Å². The monoisotopic (exact) mass is 514 g/mol. The number of rotatable bonds is 10. The Hall–Kier alpha value is -1.56. The normalized spacial score (nSPS) is 12.9. The van der Waals surface area contributed by atoms with Gasteiger partial charge in [-0.25, -0.2) is 4.99 Å². The summed E-state index contributed by atoms with van der Waals surface area (Å²) in [5.74, 6) is 1.55. The van der Waals surface area contributed by atoms with E-state index in [1.807, 2.05) is 6.92 Å². The second-order valence-electron chi connectivity index (χ2n) is 5.84. The number of ether oxygens (including phenoxy) is 3. The van der Waals surface area contributed by atoms with Crippen LogP contribution in [0.5, 0.6) is 17.2 Å². The number of benzene rings is 1. The van der Waals surface area contributed by atoms with E-state index in [0.717, 1.165) is 26.2 Å². The van der Waals surface area contributed by atoms with Crippen molar-refractivity contribution in [1.82, 2.24) is 15.5 Å². The van der Waals surface area contributed by atoms with Crippen LogP contribution in [-0.4, -0.2) is 57.0 Å². The predicted molar refractivity (Wildman–Crippen MR) is 115 cm³/mol. The molecule has 10 heteroatoms. The van der Waals surface area contributed by atoms with Crippen molar-refractivity contribution in [3.8, 4) is 17.2 Å². The van der Waals surface area contributed by atoms with Gasteiger partial charge < -0.3 is 29.7 Å². The minimum Gasteiger partial charge on any atom is -0.454 e. The zero-order chi connectivity index (χ0) is 19.6. The number of fused-ring (bicyclic) bond motifs is 1. The molecule has 1 aromatic carbocycles. The Morgan fingerprint density at radius 2 is 1.86 bits per heavy atom. The second-order valence-corrected chi connectivity index (χ2v) is 5.84. The number of guanidine groups is 1. The number of likely N-dealkylation sites (N-methyl/N-ethyl adjacent to an activating group) is 1. The van der Waals surface area contributed by atoms with E-state index in [4.69, 9.17) is 9.47 Å². The highest BCUT2D eigenvalue weighted by Gasteiger charge is 2.20. The van der Waals surface area contributed by atoms with Crippen LogP contribution >= 0.6 is 24.0 Å². The lowest BCUT2D eigenvalue weighted by molar-refractivity contribution is -0.0505. The Kier molecular flexibility index (Phi) is 11.2. The van der Waals surface area contributed by atoms with Crippen LogP contribution in [0, 0.1) is 0 Å². The summed E-state index contributed by atoms with van der Waals surface area (Å²) in [5.41, 5.74) is 0.500. The van der Waals surface area contributed by atoms with Gasteiger partial charge in [-0.15, -0.1) is 24.0 Å². The molecule has 0 saturated heterocycles. The lowest BCUT2D eigenvalue weighted by atomic mass is 10.1. The molecular formula is C18H29F2IN4O3. The quantitative estimate of drug-likeness (QED) is 0.285. The lowest BCUT2D eigenvalue weighted by Gasteiger charge is -2.19. The second kappa shape index (κ2) is 12.8. The highest BCUT2D eigenvalue weighted by atomic mass is 127. The zero-order valence-corrected chi connectivity index (χ0v) is 18.8. The molecule has 160 valence electrons. The van der Waals surface area contributed by atoms with Gasteiger partial charge in [0.25, 0.3) is 0 Å². The smallest absolute Gasteiger partial charge is 0.387 e. The van der Waals surface area contributed by atoms with E-state index in [9.17, 15) is 8.78 Å². The van der Waals surface area contributed by atoms with Crippen molar-refractivity contribution in [3.63, 3.8) is 0 Å². The van der Waals surface area contributed by atoms with E-state index >= 15 is 0 Å². The number of nitrogens with zero attached hydrogens (tertiary/aromatic N) is 2. The van der Waals surface area contributed by atoms with Crippen LogP contribution < -0.4 is 24.8 Å². The van der Waals surface area contributed by atoms with Gasteiger partial charge in [0.2, 0.25) is 6.79 Å². The first-order valence-electron chi connectivity index (χ1n) is 9.19. The van der Waals surface area contributed by atoms with Crippen LogP contribution in [0.2, 0.25) is 0 Å². The third kappa shape index (κ3) is 7.46. The van der Waals surface area contributed by atoms with Crippen LogP contribution in [0.4, 0.5) is 8.78 Å². The van der Waals surface area contributed by atoms with Crippen molar-refractivity contribution < 1.29 is 23.0 Å². The molecule has 1 aliphatic rings. The number of alkyl halides is 2. The van der Waals surface area contributed by atoms with E-state index in [1.54, 1.807) is 6.07 Å². The summed E-state index contributed by atoms with van der Waals surface area (Å²) < 4.78 is 40.6. The maximum Gasteiger partial charge on any atom is 0.387 e. The summed E-state index contributed by atoms with van der Waals surface area (Å²) >= 11 is 0. The topological polar surface area (TPSA) is 67.4 Å². The van der Waals surface area contributed by atoms with Crippen LogP contribution in [0.25, 0.3) is 0 Å². The van der Waals surface area contributed by atoms with Crippen molar-refractivity contribution in [2.45, 2.75) is 33.9 Å². The van der Waals surface area contributed by atoms with Crippen LogP contribution in [0.3, 0.4) is 0 Å². The molecule has 0 bridgehead atoms. The van der Waals surface area contributed by atoms with Crippen LogP contribution in [0.15, 0.2) is 17.1 Å². The van der Waals surface area contributed by atoms with Gasteiger partial charge in [-0.05, 0) is 26.1 Å². The number of aliphatic imine (C=N–C) groups is 1. The Balaban J connectivity index is 0.00000392. The molecule has 0 saturated carbocycles. The molecule has 2 rings (SSSR count). The Labute approximate surface area is 181 Å². The van der Waals surface area contributed by atoms with Crippen LogP contribution in [0.1, 0.15) is 26.3 Å². The molecule has 28 heavy (non-hydrogen) atoms. The third-order valence-electron chi connectivity index (χ3n) is 4.14. The number of hydrogen-bond acceptors (Lipinski definition) is 5. The minimum absolute atomic E-state index is 0. The minimum atomic E-state index is -2.92. The summed E-state index contributed by atoms with van der Waals surface area (Å²) in [6.45, 7) is 7.79. The van der Waals surface area contributed by atoms with E-state index in [2.05, 4.69) is 39.1 Å². The molecule has 0 aliphatic carbocycles. The number of nitrogens with one attached hydrogen (secondary N) is 2. The van der Waals surface area contributed by atoms with E-state index < -0.39 is 6.61 Å². The highest BCUT2D eigenvalue weighted by molar-refractivity contribution is 14.0. The molecule has 0 atom stereocenters. The molecule has 1 aromatic rings. The van der Waals surface area contributed by atoms with Gasteiger partial charge in [0.05, 0.1) is 6.54 Å². The maximum absolute atomic E-state index is 12.7. The van der Waals surface area contributed by atoms with Crippen LogP contribution in [-0.2, 0) is 6.54 Å². The van der Waals surface area contributed by atoms with E-state index in [-0.39, 0.29) is 43.1 Å². The molecular weight excluding hydrogens is 485 g/mol. The largest absolute Gasteiger partial charge is 0.454 e. The van der Waals surface area contributed by atoms with Crippen molar-refractivity contribution in [3.05, 3.63) is 17.7 Å². The fourth-order valence-corrected chi connectivity index (χ4v) is 2.67. The van der Waals surface area contributed by atoms with Crippen molar-refractivity contribution in [1.29, 1.82) is 0 Å². The summed E-state index contributed by atoms with van der Waals surface area (Å²) in [4.78, 5) is 6.77. The van der Waals surface area contributed by atoms with Crippen molar-refractivity contribution in [2.75, 3.05) is 39.5 Å². The third-order valence-corrected chi connectivity index (χ3v) is 4.14. The molecule has 2 N–H and O–H groups in total. The van der Waals surface area contributed by atoms with Crippen molar-refractivity contribution in [2.24, 2.45) is 4.99 Å². The molecule has 0 aromatic heterocycles. The Morgan fingerprint density at radius 3 is 2.46 bits per heavy atom. The molecule has 0 radical (unpaired) electrons. The maximum atomic E-state index is 12.7. The van der Waals surface area contributed by atoms with E-state index in [0.29, 0.717) is 29.6 Å². The van der Waals surface area contributed by atoms with Gasteiger partial charge in [-0.2, -0.15) is 8.78 Å². The average molecular weight is 514 g/mol. The first-order valence-corrected chi connectivity index (χ1v) is 9.19. The molecule has 1 aliphatic heterocycles. The molecule has 0 spiro atoms. The Morgan fingerprint density at radius 1 is 1.18 bits per heavy atom. The predicted octanol–water partition coefficient (Wildman–Crippen LogP) is 3.03. The molecule has 0 unspecified atom stereocenters. The van der Waals surface area contributed by atoms with E-state index in [1.165, 1.54) is 6.07 Å². The van der Waals surface area contributed by atoms with Gasteiger partial charge in [0, 0.05) is 31.3 Å².